The first-order valence-electron chi connectivity index (χ1n) is 8.23. The molecule has 0 unspecified atom stereocenters. The van der Waals surface area contributed by atoms with Crippen LogP contribution in [0.3, 0.4) is 0 Å². The molecular formula is C17H23N3OS2. The van der Waals surface area contributed by atoms with Gasteiger partial charge >= 0.3 is 0 Å². The predicted octanol–water partition coefficient (Wildman–Crippen LogP) is 4.31. The van der Waals surface area contributed by atoms with Crippen LogP contribution in [0.25, 0.3) is 0 Å². The molecule has 2 aromatic rings. The van der Waals surface area contributed by atoms with Crippen LogP contribution in [-0.4, -0.2) is 28.9 Å². The number of thiophene rings is 1. The minimum atomic E-state index is -0.0447. The third-order valence-electron chi connectivity index (χ3n) is 4.23. The molecule has 0 aromatic carbocycles. The van der Waals surface area contributed by atoms with Gasteiger partial charge < -0.3 is 0 Å². The van der Waals surface area contributed by atoms with E-state index in [1.54, 1.807) is 11.3 Å². The Labute approximate surface area is 145 Å². The highest BCUT2D eigenvalue weighted by Crippen LogP contribution is 2.24. The van der Waals surface area contributed by atoms with E-state index in [1.165, 1.54) is 41.0 Å². The van der Waals surface area contributed by atoms with Gasteiger partial charge in [-0.1, -0.05) is 13.3 Å². The molecule has 124 valence electrons. The summed E-state index contributed by atoms with van der Waals surface area (Å²) in [6, 6.07) is 2.00. The van der Waals surface area contributed by atoms with E-state index < -0.39 is 0 Å². The van der Waals surface area contributed by atoms with Crippen LogP contribution in [0.2, 0.25) is 0 Å². The SMILES string of the molecule is CCc1cc(C(=O)Nc2nc(CN3CCCCC3)cs2)sc1C. The number of thiazole rings is 1. The number of piperidine rings is 1. The number of hydrogen-bond donors (Lipinski definition) is 1. The first kappa shape index (κ1) is 16.6. The third-order valence-corrected chi connectivity index (χ3v) is 6.13. The molecule has 0 atom stereocenters. The second-order valence-corrected chi connectivity index (χ2v) is 8.09. The third kappa shape index (κ3) is 4.19. The van der Waals surface area contributed by atoms with E-state index in [1.807, 2.05) is 6.07 Å². The van der Waals surface area contributed by atoms with Crippen molar-refractivity contribution in [2.75, 3.05) is 18.4 Å². The Morgan fingerprint density at radius 2 is 2.13 bits per heavy atom. The van der Waals surface area contributed by atoms with Gasteiger partial charge in [0.2, 0.25) is 0 Å². The maximum Gasteiger partial charge on any atom is 0.267 e. The summed E-state index contributed by atoms with van der Waals surface area (Å²) in [6.07, 6.45) is 4.87. The molecule has 6 heteroatoms. The minimum Gasteiger partial charge on any atom is -0.297 e. The number of hydrogen-bond acceptors (Lipinski definition) is 5. The maximum atomic E-state index is 12.4. The van der Waals surface area contributed by atoms with Crippen LogP contribution in [-0.2, 0) is 13.0 Å². The Morgan fingerprint density at radius 1 is 1.35 bits per heavy atom. The summed E-state index contributed by atoms with van der Waals surface area (Å²) in [6.45, 7) is 7.40. The summed E-state index contributed by atoms with van der Waals surface area (Å²) in [7, 11) is 0. The van der Waals surface area contributed by atoms with Gasteiger partial charge in [0.15, 0.2) is 5.13 Å². The van der Waals surface area contributed by atoms with Crippen LogP contribution in [0.15, 0.2) is 11.4 Å². The molecule has 1 aliphatic heterocycles. The van der Waals surface area contributed by atoms with Gasteiger partial charge in [0.1, 0.15) is 0 Å². The standard InChI is InChI=1S/C17H23N3OS2/c1-3-13-9-15(23-12(13)2)16(21)19-17-18-14(11-22-17)10-20-7-5-4-6-8-20/h9,11H,3-8,10H2,1-2H3,(H,18,19,21). The Morgan fingerprint density at radius 3 is 2.83 bits per heavy atom. The van der Waals surface area contributed by atoms with Crippen LogP contribution < -0.4 is 5.32 Å². The molecule has 23 heavy (non-hydrogen) atoms. The van der Waals surface area contributed by atoms with Crippen molar-refractivity contribution in [3.63, 3.8) is 0 Å². The molecule has 0 aliphatic carbocycles. The number of amides is 1. The Hall–Kier alpha value is -1.24. The zero-order valence-electron chi connectivity index (χ0n) is 13.7. The number of nitrogens with zero attached hydrogens (tertiary/aromatic N) is 2. The zero-order chi connectivity index (χ0) is 16.2. The molecular weight excluding hydrogens is 326 g/mol. The highest BCUT2D eigenvalue weighted by atomic mass is 32.1. The van der Waals surface area contributed by atoms with E-state index in [0.717, 1.165) is 36.6 Å². The molecule has 0 radical (unpaired) electrons. The van der Waals surface area contributed by atoms with Crippen molar-refractivity contribution in [3.8, 4) is 0 Å². The van der Waals surface area contributed by atoms with E-state index >= 15 is 0 Å². The lowest BCUT2D eigenvalue weighted by atomic mass is 10.1. The zero-order valence-corrected chi connectivity index (χ0v) is 15.4. The van der Waals surface area contributed by atoms with Gasteiger partial charge in [-0.15, -0.1) is 22.7 Å². The molecule has 2 aromatic heterocycles. The highest BCUT2D eigenvalue weighted by molar-refractivity contribution is 7.15. The van der Waals surface area contributed by atoms with Gasteiger partial charge in [-0.3, -0.25) is 15.0 Å². The van der Waals surface area contributed by atoms with Crippen molar-refractivity contribution in [3.05, 3.63) is 32.5 Å². The number of carbonyl (C=O) groups is 1. The molecule has 3 rings (SSSR count). The van der Waals surface area contributed by atoms with Crippen LogP contribution in [0, 0.1) is 6.92 Å². The van der Waals surface area contributed by atoms with Gasteiger partial charge in [-0.25, -0.2) is 4.98 Å². The Balaban J connectivity index is 1.60. The molecule has 3 heterocycles. The fraction of sp³-hybridized carbons (Fsp3) is 0.529. The largest absolute Gasteiger partial charge is 0.297 e. The van der Waals surface area contributed by atoms with Gasteiger partial charge in [0.25, 0.3) is 5.91 Å². The first-order valence-corrected chi connectivity index (χ1v) is 9.92. The number of aryl methyl sites for hydroxylation is 2. The Bertz CT molecular complexity index is 671. The van der Waals surface area contributed by atoms with Crippen molar-refractivity contribution < 1.29 is 4.79 Å². The Kier molecular flexibility index (Phi) is 5.46. The number of carbonyl (C=O) groups excluding carboxylic acids is 1. The summed E-state index contributed by atoms with van der Waals surface area (Å²) >= 11 is 3.07. The minimum absolute atomic E-state index is 0.0447. The first-order chi connectivity index (χ1) is 11.2. The fourth-order valence-corrected chi connectivity index (χ4v) is 4.63. The van der Waals surface area contributed by atoms with Crippen LogP contribution in [0.5, 0.6) is 0 Å². The van der Waals surface area contributed by atoms with Crippen molar-refractivity contribution in [1.82, 2.24) is 9.88 Å². The predicted molar refractivity (Wildman–Crippen MR) is 97.6 cm³/mol. The molecule has 1 amide bonds. The summed E-state index contributed by atoms with van der Waals surface area (Å²) in [5.41, 5.74) is 2.31. The summed E-state index contributed by atoms with van der Waals surface area (Å²) in [4.78, 5) is 21.4. The van der Waals surface area contributed by atoms with Crippen molar-refractivity contribution in [1.29, 1.82) is 0 Å². The maximum absolute atomic E-state index is 12.4. The number of likely N-dealkylation sites (tertiary alicyclic amines) is 1. The number of anilines is 1. The van der Waals surface area contributed by atoms with Gasteiger partial charge in [0.05, 0.1) is 10.6 Å². The van der Waals surface area contributed by atoms with Crippen LogP contribution in [0.4, 0.5) is 5.13 Å². The highest BCUT2D eigenvalue weighted by Gasteiger charge is 2.15. The average molecular weight is 350 g/mol. The monoisotopic (exact) mass is 349 g/mol. The van der Waals surface area contributed by atoms with Crippen molar-refractivity contribution in [2.24, 2.45) is 0 Å². The normalized spacial score (nSPS) is 15.7. The van der Waals surface area contributed by atoms with Crippen LogP contribution >= 0.6 is 22.7 Å². The topological polar surface area (TPSA) is 45.2 Å². The van der Waals surface area contributed by atoms with Crippen LogP contribution in [0.1, 0.15) is 52.0 Å². The molecule has 0 bridgehead atoms. The second-order valence-electron chi connectivity index (χ2n) is 5.98. The summed E-state index contributed by atoms with van der Waals surface area (Å²) in [5, 5.41) is 5.70. The molecule has 0 spiro atoms. The smallest absolute Gasteiger partial charge is 0.267 e. The lowest BCUT2D eigenvalue weighted by Gasteiger charge is -2.25. The van der Waals surface area contributed by atoms with Crippen molar-refractivity contribution in [2.45, 2.75) is 46.1 Å². The lowest BCUT2D eigenvalue weighted by Crippen LogP contribution is -2.29. The second kappa shape index (κ2) is 7.55. The number of nitrogens with one attached hydrogen (secondary N) is 1. The van der Waals surface area contributed by atoms with Gasteiger partial charge in [-0.05, 0) is 50.9 Å². The van der Waals surface area contributed by atoms with Gasteiger partial charge in [0, 0.05) is 16.8 Å². The molecule has 4 nitrogen and oxygen atoms in total. The molecule has 1 aliphatic rings. The molecule has 0 saturated carbocycles. The average Bonchev–Trinajstić information content (AvgIpc) is 3.14. The van der Waals surface area contributed by atoms with Gasteiger partial charge in [-0.2, -0.15) is 0 Å². The number of aromatic nitrogens is 1. The molecule has 1 N–H and O–H groups in total. The fourth-order valence-electron chi connectivity index (χ4n) is 2.93. The van der Waals surface area contributed by atoms with E-state index in [2.05, 4.69) is 34.4 Å². The summed E-state index contributed by atoms with van der Waals surface area (Å²) in [5.74, 6) is -0.0447. The summed E-state index contributed by atoms with van der Waals surface area (Å²) < 4.78 is 0. The van der Waals surface area contributed by atoms with E-state index in [4.69, 9.17) is 0 Å². The quantitative estimate of drug-likeness (QED) is 0.874. The van der Waals surface area contributed by atoms with E-state index in [0.29, 0.717) is 5.13 Å². The number of rotatable bonds is 5. The van der Waals surface area contributed by atoms with E-state index in [9.17, 15) is 4.79 Å². The lowest BCUT2D eigenvalue weighted by molar-refractivity contribution is 0.103. The van der Waals surface area contributed by atoms with Crippen molar-refractivity contribution >= 4 is 33.7 Å². The molecule has 1 fully saturated rings. The molecule has 1 saturated heterocycles. The van der Waals surface area contributed by atoms with E-state index in [-0.39, 0.29) is 5.91 Å².